The second-order valence-electron chi connectivity index (χ2n) is 5.26. The van der Waals surface area contributed by atoms with Crippen LogP contribution in [0.3, 0.4) is 0 Å². The summed E-state index contributed by atoms with van der Waals surface area (Å²) >= 11 is 3.14. The molecule has 0 saturated heterocycles. The fourth-order valence-electron chi connectivity index (χ4n) is 2.37. The number of methoxy groups -OCH3 is 1. The van der Waals surface area contributed by atoms with E-state index in [1.165, 1.54) is 5.56 Å². The number of aryl methyl sites for hydroxylation is 1. The van der Waals surface area contributed by atoms with Crippen molar-refractivity contribution in [2.24, 2.45) is 4.99 Å². The lowest BCUT2D eigenvalue weighted by atomic mass is 10.2. The van der Waals surface area contributed by atoms with Crippen molar-refractivity contribution in [2.75, 3.05) is 13.7 Å². The predicted molar refractivity (Wildman–Crippen MR) is 95.0 cm³/mol. The summed E-state index contributed by atoms with van der Waals surface area (Å²) < 4.78 is 8.40. The Morgan fingerprint density at radius 2 is 2.22 bits per heavy atom. The first kappa shape index (κ1) is 16.1. The summed E-state index contributed by atoms with van der Waals surface area (Å²) in [5, 5.41) is 1.98. The number of amides is 1. The molecule has 2 aromatic heterocycles. The predicted octanol–water partition coefficient (Wildman–Crippen LogP) is 3.39. The molecule has 2 heterocycles. The molecule has 0 bridgehead atoms. The Morgan fingerprint density at radius 3 is 2.96 bits per heavy atom. The number of nitrogens with zero attached hydrogens (tertiary/aromatic N) is 2. The van der Waals surface area contributed by atoms with E-state index in [-0.39, 0.29) is 5.91 Å². The van der Waals surface area contributed by atoms with Crippen LogP contribution in [-0.2, 0) is 22.5 Å². The highest BCUT2D eigenvalue weighted by atomic mass is 32.1. The van der Waals surface area contributed by atoms with Crippen molar-refractivity contribution < 1.29 is 9.53 Å². The molecule has 0 radical (unpaired) electrons. The number of rotatable bonds is 5. The van der Waals surface area contributed by atoms with E-state index < -0.39 is 0 Å². The Kier molecular flexibility index (Phi) is 5.05. The van der Waals surface area contributed by atoms with Crippen LogP contribution in [-0.4, -0.2) is 24.2 Å². The zero-order valence-electron chi connectivity index (χ0n) is 13.1. The summed E-state index contributed by atoms with van der Waals surface area (Å²) in [6.07, 6.45) is 0.356. The molecular formula is C17H18N2O2S2. The zero-order chi connectivity index (χ0) is 16.2. The van der Waals surface area contributed by atoms with E-state index in [9.17, 15) is 4.79 Å². The van der Waals surface area contributed by atoms with E-state index >= 15 is 0 Å². The average Bonchev–Trinajstić information content (AvgIpc) is 3.12. The molecule has 0 aliphatic rings. The van der Waals surface area contributed by atoms with Crippen molar-refractivity contribution in [3.8, 4) is 0 Å². The molecule has 3 aromatic rings. The van der Waals surface area contributed by atoms with Gasteiger partial charge in [0.25, 0.3) is 5.91 Å². The largest absolute Gasteiger partial charge is 0.383 e. The number of carbonyl (C=O) groups is 1. The van der Waals surface area contributed by atoms with Crippen LogP contribution in [0.5, 0.6) is 0 Å². The number of hydrogen-bond donors (Lipinski definition) is 0. The fraction of sp³-hybridized carbons (Fsp3) is 0.294. The van der Waals surface area contributed by atoms with Crippen molar-refractivity contribution in [1.29, 1.82) is 0 Å². The van der Waals surface area contributed by atoms with Crippen LogP contribution in [0.2, 0.25) is 0 Å². The summed E-state index contributed by atoms with van der Waals surface area (Å²) in [5.41, 5.74) is 2.30. The SMILES string of the molecule is COCCn1c(=NC(=O)Cc2cccs2)sc2cc(C)ccc21. The highest BCUT2D eigenvalue weighted by Gasteiger charge is 2.09. The molecule has 0 atom stereocenters. The van der Waals surface area contributed by atoms with Crippen LogP contribution in [0.4, 0.5) is 0 Å². The van der Waals surface area contributed by atoms with Gasteiger partial charge in [0, 0.05) is 18.5 Å². The molecule has 6 heteroatoms. The third-order valence-electron chi connectivity index (χ3n) is 3.48. The van der Waals surface area contributed by atoms with Gasteiger partial charge in [-0.15, -0.1) is 11.3 Å². The van der Waals surface area contributed by atoms with Gasteiger partial charge in [-0.1, -0.05) is 23.5 Å². The minimum absolute atomic E-state index is 0.109. The van der Waals surface area contributed by atoms with Gasteiger partial charge in [0.1, 0.15) is 0 Å². The standard InChI is InChI=1S/C17H18N2O2S2/c1-12-5-6-14-15(10-12)23-17(19(14)7-8-21-2)18-16(20)11-13-4-3-9-22-13/h3-6,9-10H,7-8,11H2,1-2H3. The second-order valence-corrected chi connectivity index (χ2v) is 7.30. The topological polar surface area (TPSA) is 43.6 Å². The molecule has 0 saturated carbocycles. The average molecular weight is 346 g/mol. The van der Waals surface area contributed by atoms with Crippen molar-refractivity contribution in [1.82, 2.24) is 4.57 Å². The van der Waals surface area contributed by atoms with E-state index in [1.807, 2.05) is 17.5 Å². The Morgan fingerprint density at radius 1 is 1.35 bits per heavy atom. The number of thiazole rings is 1. The van der Waals surface area contributed by atoms with Crippen molar-refractivity contribution in [3.63, 3.8) is 0 Å². The third-order valence-corrected chi connectivity index (χ3v) is 5.40. The highest BCUT2D eigenvalue weighted by molar-refractivity contribution is 7.16. The van der Waals surface area contributed by atoms with E-state index in [0.29, 0.717) is 19.6 Å². The van der Waals surface area contributed by atoms with Gasteiger partial charge in [0.15, 0.2) is 4.80 Å². The fourth-order valence-corrected chi connectivity index (χ4v) is 4.24. The molecule has 1 amide bonds. The first-order valence-corrected chi connectivity index (χ1v) is 9.06. The minimum atomic E-state index is -0.109. The molecule has 4 nitrogen and oxygen atoms in total. The van der Waals surface area contributed by atoms with Gasteiger partial charge in [-0.2, -0.15) is 4.99 Å². The van der Waals surface area contributed by atoms with Crippen LogP contribution in [0, 0.1) is 6.92 Å². The van der Waals surface area contributed by atoms with E-state index in [4.69, 9.17) is 4.74 Å². The molecule has 0 spiro atoms. The van der Waals surface area contributed by atoms with Gasteiger partial charge >= 0.3 is 0 Å². The van der Waals surface area contributed by atoms with Gasteiger partial charge in [0.2, 0.25) is 0 Å². The Hall–Kier alpha value is -1.76. The Balaban J connectivity index is 2.00. The van der Waals surface area contributed by atoms with E-state index in [0.717, 1.165) is 19.9 Å². The first-order chi connectivity index (χ1) is 11.2. The summed E-state index contributed by atoms with van der Waals surface area (Å²) in [4.78, 5) is 18.4. The lowest BCUT2D eigenvalue weighted by molar-refractivity contribution is -0.117. The lowest BCUT2D eigenvalue weighted by Crippen LogP contribution is -2.19. The molecule has 0 fully saturated rings. The summed E-state index contributed by atoms with van der Waals surface area (Å²) in [7, 11) is 1.68. The van der Waals surface area contributed by atoms with Crippen LogP contribution in [0.1, 0.15) is 10.4 Å². The summed E-state index contributed by atoms with van der Waals surface area (Å²) in [6, 6.07) is 10.2. The molecule has 120 valence electrons. The maximum Gasteiger partial charge on any atom is 0.253 e. The van der Waals surface area contributed by atoms with Crippen molar-refractivity contribution >= 4 is 38.8 Å². The van der Waals surface area contributed by atoms with Gasteiger partial charge in [0.05, 0.1) is 23.2 Å². The van der Waals surface area contributed by atoms with Crippen LogP contribution in [0.15, 0.2) is 40.7 Å². The molecular weight excluding hydrogens is 328 g/mol. The van der Waals surface area contributed by atoms with E-state index in [2.05, 4.69) is 34.7 Å². The number of aromatic nitrogens is 1. The van der Waals surface area contributed by atoms with Crippen LogP contribution in [0.25, 0.3) is 10.2 Å². The quantitative estimate of drug-likeness (QED) is 0.711. The molecule has 0 aliphatic heterocycles. The molecule has 0 unspecified atom stereocenters. The third kappa shape index (κ3) is 3.77. The number of carbonyl (C=O) groups excluding carboxylic acids is 1. The second kappa shape index (κ2) is 7.21. The van der Waals surface area contributed by atoms with Gasteiger partial charge in [-0.3, -0.25) is 4.79 Å². The van der Waals surface area contributed by atoms with Crippen LogP contribution >= 0.6 is 22.7 Å². The maximum absolute atomic E-state index is 12.3. The van der Waals surface area contributed by atoms with Crippen molar-refractivity contribution in [3.05, 3.63) is 51.0 Å². The number of benzene rings is 1. The zero-order valence-corrected chi connectivity index (χ0v) is 14.7. The molecule has 0 aliphatic carbocycles. The number of ether oxygens (including phenoxy) is 1. The molecule has 0 N–H and O–H groups in total. The number of fused-ring (bicyclic) bond motifs is 1. The van der Waals surface area contributed by atoms with Gasteiger partial charge in [-0.25, -0.2) is 0 Å². The number of hydrogen-bond acceptors (Lipinski definition) is 4. The van der Waals surface area contributed by atoms with E-state index in [1.54, 1.807) is 29.8 Å². The first-order valence-electron chi connectivity index (χ1n) is 7.36. The smallest absolute Gasteiger partial charge is 0.253 e. The lowest BCUT2D eigenvalue weighted by Gasteiger charge is -2.04. The highest BCUT2D eigenvalue weighted by Crippen LogP contribution is 2.19. The van der Waals surface area contributed by atoms with Crippen LogP contribution < -0.4 is 4.80 Å². The molecule has 1 aromatic carbocycles. The Labute approximate surface area is 142 Å². The summed E-state index contributed by atoms with van der Waals surface area (Å²) in [6.45, 7) is 3.34. The molecule has 23 heavy (non-hydrogen) atoms. The number of thiophene rings is 1. The Bertz CT molecular complexity index is 876. The van der Waals surface area contributed by atoms with Gasteiger partial charge in [-0.05, 0) is 36.1 Å². The summed E-state index contributed by atoms with van der Waals surface area (Å²) in [5.74, 6) is -0.109. The monoisotopic (exact) mass is 346 g/mol. The minimum Gasteiger partial charge on any atom is -0.383 e. The normalized spacial score (nSPS) is 12.2. The van der Waals surface area contributed by atoms with Crippen molar-refractivity contribution in [2.45, 2.75) is 19.9 Å². The molecule has 3 rings (SSSR count). The maximum atomic E-state index is 12.3. The van der Waals surface area contributed by atoms with Gasteiger partial charge < -0.3 is 9.30 Å².